The summed E-state index contributed by atoms with van der Waals surface area (Å²) in [5, 5.41) is 15.2. The highest BCUT2D eigenvalue weighted by molar-refractivity contribution is 7.91. The summed E-state index contributed by atoms with van der Waals surface area (Å²) in [4.78, 5) is 10.5. The van der Waals surface area contributed by atoms with Crippen LogP contribution in [-0.4, -0.2) is 40.0 Å². The second-order valence-electron chi connectivity index (χ2n) is 3.47. The number of nitrogens with zero attached hydrogens (tertiary/aromatic N) is 3. The van der Waals surface area contributed by atoms with E-state index >= 15 is 0 Å². The fraction of sp³-hybridized carbons (Fsp3) is 0.100. The molecule has 0 radical (unpaired) electrons. The molecule has 18 heavy (non-hydrogen) atoms. The zero-order valence-electron chi connectivity index (χ0n) is 9.09. The third-order valence-corrected chi connectivity index (χ3v) is 3.60. The zero-order chi connectivity index (χ0) is 13.2. The molecule has 1 aromatic carbocycles. The van der Waals surface area contributed by atoms with Gasteiger partial charge in [-0.05, 0) is 12.1 Å². The second-order valence-corrected chi connectivity index (χ2v) is 5.36. The molecular weight excluding hydrogens is 258 g/mol. The summed E-state index contributed by atoms with van der Waals surface area (Å²) in [6, 6.07) is 8.57. The summed E-state index contributed by atoms with van der Waals surface area (Å²) in [5.74, 6) is -2.45. The molecule has 0 aliphatic rings. The largest absolute Gasteiger partial charge is 0.480 e. The van der Waals surface area contributed by atoms with E-state index in [1.165, 1.54) is 10.9 Å². The van der Waals surface area contributed by atoms with Gasteiger partial charge >= 0.3 is 5.97 Å². The number of aromatic nitrogens is 3. The molecule has 0 fully saturated rings. The van der Waals surface area contributed by atoms with Crippen molar-refractivity contribution in [3.05, 3.63) is 36.7 Å². The molecule has 0 aliphatic carbocycles. The van der Waals surface area contributed by atoms with Gasteiger partial charge in [0.1, 0.15) is 6.33 Å². The number of carboxylic acids is 1. The molecule has 0 atom stereocenters. The van der Waals surface area contributed by atoms with Crippen molar-refractivity contribution in [1.82, 2.24) is 14.8 Å². The first kappa shape index (κ1) is 12.2. The van der Waals surface area contributed by atoms with Gasteiger partial charge in [0.2, 0.25) is 9.84 Å². The number of benzene rings is 1. The molecule has 0 unspecified atom stereocenters. The molecule has 8 heteroatoms. The number of aliphatic carboxylic acids is 1. The Kier molecular flexibility index (Phi) is 3.11. The Balaban J connectivity index is 2.50. The third kappa shape index (κ3) is 2.38. The van der Waals surface area contributed by atoms with Crippen LogP contribution in [0.3, 0.4) is 0 Å². The van der Waals surface area contributed by atoms with Gasteiger partial charge in [0.25, 0.3) is 5.16 Å². The van der Waals surface area contributed by atoms with E-state index in [1.54, 1.807) is 30.3 Å². The molecule has 0 spiro atoms. The summed E-state index contributed by atoms with van der Waals surface area (Å²) in [6.07, 6.45) is 1.23. The maximum absolute atomic E-state index is 11.8. The number of carboxylic acid groups (broad SMARTS) is 1. The van der Waals surface area contributed by atoms with Gasteiger partial charge in [-0.2, -0.15) is 0 Å². The highest BCUT2D eigenvalue weighted by Crippen LogP contribution is 2.14. The Bertz CT molecular complexity index is 663. The van der Waals surface area contributed by atoms with Crippen molar-refractivity contribution >= 4 is 15.8 Å². The first-order chi connectivity index (χ1) is 8.50. The third-order valence-electron chi connectivity index (χ3n) is 2.14. The minimum absolute atomic E-state index is 0.379. The van der Waals surface area contributed by atoms with Gasteiger partial charge in [-0.15, -0.1) is 10.2 Å². The van der Waals surface area contributed by atoms with Crippen molar-refractivity contribution in [1.29, 1.82) is 0 Å². The number of para-hydroxylation sites is 1. The molecule has 0 bridgehead atoms. The van der Waals surface area contributed by atoms with E-state index in [-0.39, 0.29) is 5.16 Å². The highest BCUT2D eigenvalue weighted by atomic mass is 32.2. The van der Waals surface area contributed by atoms with Crippen LogP contribution in [0.1, 0.15) is 0 Å². The van der Waals surface area contributed by atoms with Gasteiger partial charge in [0.15, 0.2) is 5.75 Å². The molecule has 0 saturated carbocycles. The maximum Gasteiger partial charge on any atom is 0.319 e. The smallest absolute Gasteiger partial charge is 0.319 e. The lowest BCUT2D eigenvalue weighted by Gasteiger charge is -2.05. The van der Waals surface area contributed by atoms with E-state index in [2.05, 4.69) is 10.2 Å². The number of sulfone groups is 1. The van der Waals surface area contributed by atoms with E-state index in [1.807, 2.05) is 0 Å². The van der Waals surface area contributed by atoms with Crippen LogP contribution in [0.4, 0.5) is 0 Å². The van der Waals surface area contributed by atoms with Crippen LogP contribution >= 0.6 is 0 Å². The Morgan fingerprint density at radius 3 is 2.56 bits per heavy atom. The molecule has 94 valence electrons. The van der Waals surface area contributed by atoms with Gasteiger partial charge in [-0.1, -0.05) is 18.2 Å². The molecule has 1 N–H and O–H groups in total. The number of rotatable bonds is 4. The Hall–Kier alpha value is -2.22. The minimum atomic E-state index is -4.01. The molecule has 2 aromatic rings. The fourth-order valence-corrected chi connectivity index (χ4v) is 2.51. The van der Waals surface area contributed by atoms with Crippen molar-refractivity contribution in [3.8, 4) is 5.69 Å². The standard InChI is InChI=1S/C10H9N3O4S/c14-9(15)6-18(16,17)10-12-11-7-13(10)8-4-2-1-3-5-8/h1-5,7H,6H2,(H,14,15). The van der Waals surface area contributed by atoms with Crippen LogP contribution in [0, 0.1) is 0 Å². The normalized spacial score (nSPS) is 11.3. The van der Waals surface area contributed by atoms with Crippen molar-refractivity contribution in [2.75, 3.05) is 5.75 Å². The van der Waals surface area contributed by atoms with Crippen molar-refractivity contribution in [2.45, 2.75) is 5.16 Å². The lowest BCUT2D eigenvalue weighted by molar-refractivity contribution is -0.134. The molecule has 2 rings (SSSR count). The van der Waals surface area contributed by atoms with E-state index in [0.29, 0.717) is 5.69 Å². The van der Waals surface area contributed by atoms with Crippen molar-refractivity contribution in [3.63, 3.8) is 0 Å². The first-order valence-corrected chi connectivity index (χ1v) is 6.56. The summed E-state index contributed by atoms with van der Waals surface area (Å²) in [5.41, 5.74) is 0.548. The van der Waals surface area contributed by atoms with Crippen molar-refractivity contribution in [2.24, 2.45) is 0 Å². The van der Waals surface area contributed by atoms with Crippen LogP contribution in [-0.2, 0) is 14.6 Å². The topological polar surface area (TPSA) is 102 Å². The van der Waals surface area contributed by atoms with Gasteiger partial charge in [0.05, 0.1) is 0 Å². The predicted octanol–water partition coefficient (Wildman–Crippen LogP) is 0.126. The van der Waals surface area contributed by atoms with Crippen LogP contribution < -0.4 is 0 Å². The summed E-state index contributed by atoms with van der Waals surface area (Å²) in [7, 11) is -4.01. The lowest BCUT2D eigenvalue weighted by Crippen LogP contribution is -2.19. The summed E-state index contributed by atoms with van der Waals surface area (Å²) in [6.45, 7) is 0. The Labute approximate surface area is 103 Å². The average Bonchev–Trinajstić information content (AvgIpc) is 2.78. The van der Waals surface area contributed by atoms with E-state index in [4.69, 9.17) is 5.11 Å². The Morgan fingerprint density at radius 1 is 1.28 bits per heavy atom. The monoisotopic (exact) mass is 267 g/mol. The van der Waals surface area contributed by atoms with Gasteiger partial charge in [0, 0.05) is 5.69 Å². The second kappa shape index (κ2) is 4.57. The van der Waals surface area contributed by atoms with E-state index < -0.39 is 21.6 Å². The maximum atomic E-state index is 11.8. The quantitative estimate of drug-likeness (QED) is 0.844. The Morgan fingerprint density at radius 2 is 1.94 bits per heavy atom. The van der Waals surface area contributed by atoms with Crippen LogP contribution in [0.25, 0.3) is 5.69 Å². The zero-order valence-corrected chi connectivity index (χ0v) is 9.91. The minimum Gasteiger partial charge on any atom is -0.480 e. The lowest BCUT2D eigenvalue weighted by atomic mass is 10.3. The molecule has 0 aliphatic heterocycles. The molecular formula is C10H9N3O4S. The number of carbonyl (C=O) groups is 1. The fourth-order valence-electron chi connectivity index (χ4n) is 1.43. The van der Waals surface area contributed by atoms with Crippen LogP contribution in [0.15, 0.2) is 41.8 Å². The van der Waals surface area contributed by atoms with Crippen LogP contribution in [0.5, 0.6) is 0 Å². The summed E-state index contributed by atoms with van der Waals surface area (Å²) >= 11 is 0. The SMILES string of the molecule is O=C(O)CS(=O)(=O)c1nncn1-c1ccccc1. The van der Waals surface area contributed by atoms with E-state index in [9.17, 15) is 13.2 Å². The van der Waals surface area contributed by atoms with Gasteiger partial charge < -0.3 is 5.11 Å². The van der Waals surface area contributed by atoms with Crippen LogP contribution in [0.2, 0.25) is 0 Å². The molecule has 7 nitrogen and oxygen atoms in total. The number of hydrogen-bond acceptors (Lipinski definition) is 5. The van der Waals surface area contributed by atoms with Gasteiger partial charge in [-0.25, -0.2) is 8.42 Å². The molecule has 1 heterocycles. The van der Waals surface area contributed by atoms with E-state index in [0.717, 1.165) is 0 Å². The molecule has 0 saturated heterocycles. The summed E-state index contributed by atoms with van der Waals surface area (Å²) < 4.78 is 24.8. The first-order valence-electron chi connectivity index (χ1n) is 4.91. The molecule has 1 aromatic heterocycles. The average molecular weight is 267 g/mol. The van der Waals surface area contributed by atoms with Crippen molar-refractivity contribution < 1.29 is 18.3 Å². The molecule has 0 amide bonds. The predicted molar refractivity (Wildman–Crippen MR) is 61.0 cm³/mol. The van der Waals surface area contributed by atoms with Gasteiger partial charge in [-0.3, -0.25) is 9.36 Å². The highest BCUT2D eigenvalue weighted by Gasteiger charge is 2.25. The number of hydrogen-bond donors (Lipinski definition) is 1.